The minimum atomic E-state index is -1.11. The number of amides is 2. The van der Waals surface area contributed by atoms with E-state index < -0.39 is 35.6 Å². The van der Waals surface area contributed by atoms with Gasteiger partial charge in [-0.2, -0.15) is 0 Å². The summed E-state index contributed by atoms with van der Waals surface area (Å²) in [5.74, 6) is -2.47. The molecule has 0 aliphatic carbocycles. The van der Waals surface area contributed by atoms with Crippen molar-refractivity contribution in [1.82, 2.24) is 4.90 Å². The van der Waals surface area contributed by atoms with Gasteiger partial charge in [0, 0.05) is 19.7 Å². The summed E-state index contributed by atoms with van der Waals surface area (Å²) in [5, 5.41) is 9.58. The molecule has 3 aliphatic heterocycles. The highest BCUT2D eigenvalue weighted by atomic mass is 35.5. The summed E-state index contributed by atoms with van der Waals surface area (Å²) in [6.45, 7) is 10.4. The van der Waals surface area contributed by atoms with Crippen molar-refractivity contribution in [2.45, 2.75) is 76.0 Å². The number of aliphatic hydroxyl groups excluding tert-OH is 1. The summed E-state index contributed by atoms with van der Waals surface area (Å²) < 4.78 is 12.1. The molecule has 2 amide bonds. The number of ether oxygens (including phenoxy) is 2. The van der Waals surface area contributed by atoms with E-state index in [0.717, 1.165) is 24.8 Å². The molecule has 1 aromatic carbocycles. The summed E-state index contributed by atoms with van der Waals surface area (Å²) in [6, 6.07) is 4.56. The third-order valence-electron chi connectivity index (χ3n) is 8.45. The molecule has 9 heteroatoms. The number of rotatable bonds is 15. The van der Waals surface area contributed by atoms with Crippen LogP contribution >= 0.6 is 11.6 Å². The lowest BCUT2D eigenvalue weighted by Crippen LogP contribution is -2.56. The maximum absolute atomic E-state index is 14.6. The molecule has 1 N–H and O–H groups in total. The van der Waals surface area contributed by atoms with Crippen molar-refractivity contribution in [3.05, 3.63) is 54.1 Å². The Balaban J connectivity index is 1.68. The molecule has 1 spiro atoms. The average Bonchev–Trinajstić information content (AvgIpc) is 3.57. The molecule has 218 valence electrons. The molecule has 8 nitrogen and oxygen atoms in total. The fourth-order valence-corrected chi connectivity index (χ4v) is 7.04. The van der Waals surface area contributed by atoms with Crippen LogP contribution in [0.4, 0.5) is 5.69 Å². The molecular formula is C31H41ClN2O6. The molecule has 3 saturated heterocycles. The van der Waals surface area contributed by atoms with Crippen LogP contribution in [0.1, 0.15) is 56.9 Å². The van der Waals surface area contributed by atoms with E-state index in [2.05, 4.69) is 13.2 Å². The van der Waals surface area contributed by atoms with Crippen LogP contribution in [0.2, 0.25) is 5.02 Å². The van der Waals surface area contributed by atoms with Crippen LogP contribution < -0.4 is 4.90 Å². The molecule has 3 aliphatic rings. The van der Waals surface area contributed by atoms with Gasteiger partial charge in [0.2, 0.25) is 5.91 Å². The van der Waals surface area contributed by atoms with E-state index in [1.807, 2.05) is 19.1 Å². The first-order valence-electron chi connectivity index (χ1n) is 14.4. The number of esters is 1. The van der Waals surface area contributed by atoms with Crippen molar-refractivity contribution in [2.75, 3.05) is 31.2 Å². The standard InChI is InChI=1S/C31H41ClN2O6/c1-4-6-11-20-39-30(38)24-23-15-16-31(40-23)25(24)28(36)34(18-9-7-8-10-19-35)27(31)29(37)33(17-5-2)26-21(3)13-12-14-22(26)32/h4-5,12-14,23-25,27,35H,1-2,6-11,15-20H2,3H3/t23-,24+,25+,27?,31?/m1/s1. The summed E-state index contributed by atoms with van der Waals surface area (Å²) in [6.07, 6.45) is 8.42. The number of aryl methyl sites for hydroxylation is 1. The Hall–Kier alpha value is -2.68. The maximum Gasteiger partial charge on any atom is 0.312 e. The smallest absolute Gasteiger partial charge is 0.312 e. The highest BCUT2D eigenvalue weighted by Crippen LogP contribution is 2.59. The van der Waals surface area contributed by atoms with Crippen LogP contribution in [-0.4, -0.2) is 71.8 Å². The minimum absolute atomic E-state index is 0.120. The first kappa shape index (κ1) is 30.3. The Morgan fingerprint density at radius 2 is 2.00 bits per heavy atom. The Morgan fingerprint density at radius 3 is 2.70 bits per heavy atom. The van der Waals surface area contributed by atoms with Gasteiger partial charge in [-0.25, -0.2) is 0 Å². The fourth-order valence-electron chi connectivity index (χ4n) is 6.72. The summed E-state index contributed by atoms with van der Waals surface area (Å²) in [4.78, 5) is 45.2. The topological polar surface area (TPSA) is 96.4 Å². The van der Waals surface area contributed by atoms with E-state index >= 15 is 0 Å². The van der Waals surface area contributed by atoms with Crippen LogP contribution in [0.15, 0.2) is 43.5 Å². The van der Waals surface area contributed by atoms with Gasteiger partial charge in [-0.3, -0.25) is 14.4 Å². The average molecular weight is 573 g/mol. The molecule has 0 aromatic heterocycles. The predicted molar refractivity (Wildman–Crippen MR) is 154 cm³/mol. The Bertz CT molecular complexity index is 1100. The number of hydrogen-bond acceptors (Lipinski definition) is 6. The number of aliphatic hydroxyl groups is 1. The zero-order valence-electron chi connectivity index (χ0n) is 23.4. The van der Waals surface area contributed by atoms with Gasteiger partial charge in [-0.05, 0) is 57.1 Å². The predicted octanol–water partition coefficient (Wildman–Crippen LogP) is 4.60. The third-order valence-corrected chi connectivity index (χ3v) is 8.75. The first-order chi connectivity index (χ1) is 19.3. The lowest BCUT2D eigenvalue weighted by molar-refractivity contribution is -0.155. The number of para-hydroxylation sites is 1. The van der Waals surface area contributed by atoms with Gasteiger partial charge in [0.1, 0.15) is 11.6 Å². The number of carbonyl (C=O) groups excluding carboxylic acids is 3. The number of hydrogen-bond donors (Lipinski definition) is 1. The van der Waals surface area contributed by atoms with Crippen molar-refractivity contribution >= 4 is 35.1 Å². The molecule has 40 heavy (non-hydrogen) atoms. The van der Waals surface area contributed by atoms with E-state index in [-0.39, 0.29) is 31.6 Å². The zero-order valence-corrected chi connectivity index (χ0v) is 24.1. The third kappa shape index (κ3) is 5.58. The normalized spacial score (nSPS) is 26.6. The number of likely N-dealkylation sites (tertiary alicyclic amines) is 1. The largest absolute Gasteiger partial charge is 0.465 e. The SMILES string of the molecule is C=CCCCOC(=O)[C@@H]1[C@H]2C(=O)N(CCCCCCO)C(C(=O)N(CC=C)c3c(C)cccc3Cl)C23CC[C@H]1O3. The van der Waals surface area contributed by atoms with Crippen molar-refractivity contribution in [3.8, 4) is 0 Å². The molecule has 1 aromatic rings. The molecule has 3 fully saturated rings. The van der Waals surface area contributed by atoms with Crippen LogP contribution in [0.25, 0.3) is 0 Å². The number of halogens is 1. The molecule has 3 heterocycles. The molecule has 5 atom stereocenters. The zero-order chi connectivity index (χ0) is 28.9. The minimum Gasteiger partial charge on any atom is -0.465 e. The van der Waals surface area contributed by atoms with Gasteiger partial charge in [-0.15, -0.1) is 13.2 Å². The lowest BCUT2D eigenvalue weighted by Gasteiger charge is -2.37. The second-order valence-electron chi connectivity index (χ2n) is 11.0. The highest BCUT2D eigenvalue weighted by Gasteiger charge is 2.75. The number of fused-ring (bicyclic) bond motifs is 1. The second-order valence-corrected chi connectivity index (χ2v) is 11.4. The van der Waals surface area contributed by atoms with Gasteiger partial charge in [0.15, 0.2) is 0 Å². The molecule has 0 radical (unpaired) electrons. The van der Waals surface area contributed by atoms with E-state index in [9.17, 15) is 14.4 Å². The Kier molecular flexibility index (Phi) is 10.1. The number of benzene rings is 1. The van der Waals surface area contributed by atoms with E-state index in [0.29, 0.717) is 49.4 Å². The Labute approximate surface area is 241 Å². The number of carbonyl (C=O) groups is 3. The summed E-state index contributed by atoms with van der Waals surface area (Å²) in [7, 11) is 0. The van der Waals surface area contributed by atoms with Crippen molar-refractivity contribution in [2.24, 2.45) is 11.8 Å². The maximum atomic E-state index is 14.6. The molecular weight excluding hydrogens is 532 g/mol. The van der Waals surface area contributed by atoms with Crippen LogP contribution in [0.3, 0.4) is 0 Å². The van der Waals surface area contributed by atoms with E-state index in [1.54, 1.807) is 28.0 Å². The number of allylic oxidation sites excluding steroid dienone is 1. The van der Waals surface area contributed by atoms with Gasteiger partial charge in [-0.1, -0.05) is 48.7 Å². The quantitative estimate of drug-likeness (QED) is 0.187. The second kappa shape index (κ2) is 13.3. The van der Waals surface area contributed by atoms with E-state index in [1.165, 1.54) is 0 Å². The van der Waals surface area contributed by atoms with Crippen LogP contribution in [-0.2, 0) is 23.9 Å². The van der Waals surface area contributed by atoms with Crippen LogP contribution in [0.5, 0.6) is 0 Å². The van der Waals surface area contributed by atoms with Crippen molar-refractivity contribution in [3.63, 3.8) is 0 Å². The van der Waals surface area contributed by atoms with Crippen molar-refractivity contribution in [1.29, 1.82) is 0 Å². The number of unbranched alkanes of at least 4 members (excludes halogenated alkanes) is 4. The Morgan fingerprint density at radius 1 is 1.23 bits per heavy atom. The fraction of sp³-hybridized carbons (Fsp3) is 0.581. The van der Waals surface area contributed by atoms with Crippen LogP contribution in [0, 0.1) is 18.8 Å². The summed E-state index contributed by atoms with van der Waals surface area (Å²) >= 11 is 6.60. The molecule has 2 unspecified atom stereocenters. The van der Waals surface area contributed by atoms with Gasteiger partial charge >= 0.3 is 5.97 Å². The number of anilines is 1. The van der Waals surface area contributed by atoms with Crippen molar-refractivity contribution < 1.29 is 29.0 Å². The monoisotopic (exact) mass is 572 g/mol. The highest BCUT2D eigenvalue weighted by molar-refractivity contribution is 6.34. The summed E-state index contributed by atoms with van der Waals surface area (Å²) in [5.41, 5.74) is 0.299. The van der Waals surface area contributed by atoms with E-state index in [4.69, 9.17) is 26.2 Å². The molecule has 4 rings (SSSR count). The first-order valence-corrected chi connectivity index (χ1v) is 14.7. The van der Waals surface area contributed by atoms with Gasteiger partial charge in [0.25, 0.3) is 5.91 Å². The molecule has 0 saturated carbocycles. The van der Waals surface area contributed by atoms with Gasteiger partial charge in [0.05, 0.1) is 35.3 Å². The number of nitrogens with zero attached hydrogens (tertiary/aromatic N) is 2. The van der Waals surface area contributed by atoms with Gasteiger partial charge < -0.3 is 24.4 Å². The molecule has 2 bridgehead atoms. The lowest BCUT2D eigenvalue weighted by atomic mass is 9.70.